The SMILES string of the molecule is C[N+](C)(C)Cc1ccccc1.NC(CSC(c1ccccc1)(c1ccccc1)c1ccccc1)C(=O)O. The van der Waals surface area contributed by atoms with E-state index in [4.69, 9.17) is 5.73 Å². The molecule has 5 heteroatoms. The molecule has 4 aromatic carbocycles. The lowest BCUT2D eigenvalue weighted by Crippen LogP contribution is -2.36. The predicted molar refractivity (Wildman–Crippen MR) is 155 cm³/mol. The average Bonchev–Trinajstić information content (AvgIpc) is 2.91. The molecule has 0 amide bonds. The van der Waals surface area contributed by atoms with Gasteiger partial charge in [-0.3, -0.25) is 4.79 Å². The Bertz CT molecular complexity index is 1110. The Hall–Kier alpha value is -3.38. The number of carboxylic acids is 1. The van der Waals surface area contributed by atoms with Gasteiger partial charge in [-0.2, -0.15) is 0 Å². The molecule has 0 aromatic heterocycles. The maximum Gasteiger partial charge on any atom is 0.321 e. The molecule has 0 aliphatic heterocycles. The summed E-state index contributed by atoms with van der Waals surface area (Å²) in [6.07, 6.45) is 0. The molecule has 4 nitrogen and oxygen atoms in total. The Labute approximate surface area is 225 Å². The highest BCUT2D eigenvalue weighted by Crippen LogP contribution is 2.48. The summed E-state index contributed by atoms with van der Waals surface area (Å²) in [5.41, 5.74) is 10.5. The number of carbonyl (C=O) groups is 1. The molecular weight excluding hydrogens is 476 g/mol. The van der Waals surface area contributed by atoms with Crippen LogP contribution in [0.25, 0.3) is 0 Å². The number of carboxylic acid groups (broad SMARTS) is 1. The fourth-order valence-corrected chi connectivity index (χ4v) is 5.67. The number of quaternary nitrogens is 1. The third-order valence-corrected chi connectivity index (χ3v) is 7.50. The van der Waals surface area contributed by atoms with E-state index >= 15 is 0 Å². The number of hydrogen-bond acceptors (Lipinski definition) is 3. The molecule has 0 heterocycles. The molecule has 0 spiro atoms. The van der Waals surface area contributed by atoms with Gasteiger partial charge in [0.05, 0.1) is 25.9 Å². The van der Waals surface area contributed by atoms with Crippen molar-refractivity contribution in [3.8, 4) is 0 Å². The van der Waals surface area contributed by atoms with Crippen LogP contribution in [0.5, 0.6) is 0 Å². The van der Waals surface area contributed by atoms with E-state index < -0.39 is 16.8 Å². The van der Waals surface area contributed by atoms with Gasteiger partial charge in [0.2, 0.25) is 0 Å². The Morgan fingerprint density at radius 1 is 0.730 bits per heavy atom. The first kappa shape index (κ1) is 28.2. The molecule has 192 valence electrons. The fourth-order valence-electron chi connectivity index (χ4n) is 4.19. The third-order valence-electron chi connectivity index (χ3n) is 5.84. The molecule has 0 saturated heterocycles. The zero-order valence-electron chi connectivity index (χ0n) is 21.8. The number of aliphatic carboxylic acids is 1. The van der Waals surface area contributed by atoms with Crippen LogP contribution >= 0.6 is 11.8 Å². The van der Waals surface area contributed by atoms with Gasteiger partial charge in [0.25, 0.3) is 0 Å². The van der Waals surface area contributed by atoms with Crippen LogP contribution in [0.4, 0.5) is 0 Å². The van der Waals surface area contributed by atoms with E-state index in [-0.39, 0.29) is 0 Å². The van der Waals surface area contributed by atoms with E-state index in [9.17, 15) is 9.90 Å². The summed E-state index contributed by atoms with van der Waals surface area (Å²) in [6.45, 7) is 1.10. The molecule has 3 N–H and O–H groups in total. The Kier molecular flexibility index (Phi) is 10.1. The predicted octanol–water partition coefficient (Wildman–Crippen LogP) is 6.02. The number of rotatable bonds is 9. The monoisotopic (exact) mass is 513 g/mol. The van der Waals surface area contributed by atoms with Crippen LogP contribution in [0.2, 0.25) is 0 Å². The highest BCUT2D eigenvalue weighted by molar-refractivity contribution is 8.00. The van der Waals surface area contributed by atoms with Crippen LogP contribution in [0, 0.1) is 0 Å². The molecular formula is C32H37N2O2S+. The summed E-state index contributed by atoms with van der Waals surface area (Å²) in [7, 11) is 6.60. The lowest BCUT2D eigenvalue weighted by molar-refractivity contribution is -0.884. The maximum atomic E-state index is 11.3. The first-order valence-corrected chi connectivity index (χ1v) is 13.3. The summed E-state index contributed by atoms with van der Waals surface area (Å²) in [5, 5.41) is 9.25. The molecule has 1 atom stereocenters. The van der Waals surface area contributed by atoms with E-state index in [1.165, 1.54) is 5.56 Å². The van der Waals surface area contributed by atoms with Crippen molar-refractivity contribution in [1.29, 1.82) is 0 Å². The minimum absolute atomic E-state index is 0.300. The molecule has 37 heavy (non-hydrogen) atoms. The molecule has 0 aliphatic rings. The molecule has 0 bridgehead atoms. The van der Waals surface area contributed by atoms with Gasteiger partial charge in [-0.25, -0.2) is 0 Å². The molecule has 0 radical (unpaired) electrons. The average molecular weight is 514 g/mol. The van der Waals surface area contributed by atoms with Crippen molar-refractivity contribution in [2.45, 2.75) is 17.3 Å². The number of nitrogens with zero attached hydrogens (tertiary/aromatic N) is 1. The standard InChI is InChI=1S/C22H21NO2S.C10H16N/c23-20(21(24)25)16-26-22(17-10-4-1-5-11-17,18-12-6-2-7-13-18)19-14-8-3-9-15-19;1-11(2,3)9-10-7-5-4-6-8-10/h1-15,20H,16,23H2,(H,24,25);4-8H,9H2,1-3H3/q;+1. The normalized spacial score (nSPS) is 12.2. The van der Waals surface area contributed by atoms with Crippen molar-refractivity contribution >= 4 is 17.7 Å². The quantitative estimate of drug-likeness (QED) is 0.212. The molecule has 0 fully saturated rings. The number of benzene rings is 4. The van der Waals surface area contributed by atoms with Crippen LogP contribution in [-0.4, -0.2) is 48.5 Å². The minimum atomic E-state index is -0.986. The largest absolute Gasteiger partial charge is 0.480 e. The van der Waals surface area contributed by atoms with Gasteiger partial charge in [-0.1, -0.05) is 121 Å². The van der Waals surface area contributed by atoms with E-state index in [1.54, 1.807) is 11.8 Å². The summed E-state index contributed by atoms with van der Waals surface area (Å²) in [6, 6.07) is 40.1. The van der Waals surface area contributed by atoms with Crippen molar-refractivity contribution in [1.82, 2.24) is 0 Å². The van der Waals surface area contributed by atoms with E-state index in [0.717, 1.165) is 27.7 Å². The van der Waals surface area contributed by atoms with Gasteiger partial charge in [0.15, 0.2) is 0 Å². The first-order chi connectivity index (χ1) is 17.7. The lowest BCUT2D eigenvalue weighted by Gasteiger charge is -2.36. The van der Waals surface area contributed by atoms with Crippen molar-refractivity contribution in [2.75, 3.05) is 26.9 Å². The van der Waals surface area contributed by atoms with E-state index in [1.807, 2.05) is 54.6 Å². The van der Waals surface area contributed by atoms with Gasteiger partial charge in [0.1, 0.15) is 12.6 Å². The van der Waals surface area contributed by atoms with Gasteiger partial charge in [-0.05, 0) is 16.7 Å². The highest BCUT2D eigenvalue weighted by Gasteiger charge is 2.37. The fraction of sp³-hybridized carbons (Fsp3) is 0.219. The van der Waals surface area contributed by atoms with E-state index in [2.05, 4.69) is 87.9 Å². The van der Waals surface area contributed by atoms with Crippen LogP contribution < -0.4 is 5.73 Å². The van der Waals surface area contributed by atoms with Crippen molar-refractivity contribution in [3.05, 3.63) is 144 Å². The van der Waals surface area contributed by atoms with E-state index in [0.29, 0.717) is 5.75 Å². The lowest BCUT2D eigenvalue weighted by atomic mass is 9.84. The number of hydrogen-bond donors (Lipinski definition) is 2. The smallest absolute Gasteiger partial charge is 0.321 e. The summed E-state index contributed by atoms with van der Waals surface area (Å²) < 4.78 is 0.459. The van der Waals surface area contributed by atoms with Crippen LogP contribution in [0.1, 0.15) is 22.3 Å². The van der Waals surface area contributed by atoms with Crippen LogP contribution in [-0.2, 0) is 16.1 Å². The van der Waals surface area contributed by atoms with Crippen molar-refractivity contribution in [2.24, 2.45) is 5.73 Å². The molecule has 4 aromatic rings. The van der Waals surface area contributed by atoms with Crippen molar-refractivity contribution in [3.63, 3.8) is 0 Å². The zero-order valence-corrected chi connectivity index (χ0v) is 22.6. The number of thioether (sulfide) groups is 1. The van der Waals surface area contributed by atoms with Crippen LogP contribution in [0.15, 0.2) is 121 Å². The topological polar surface area (TPSA) is 63.3 Å². The Morgan fingerprint density at radius 2 is 1.08 bits per heavy atom. The molecule has 1 unspecified atom stereocenters. The second-order valence-electron chi connectivity index (χ2n) is 9.97. The van der Waals surface area contributed by atoms with Crippen molar-refractivity contribution < 1.29 is 14.4 Å². The van der Waals surface area contributed by atoms with Crippen LogP contribution in [0.3, 0.4) is 0 Å². The zero-order chi connectivity index (χ0) is 26.7. The van der Waals surface area contributed by atoms with Gasteiger partial charge < -0.3 is 15.3 Å². The summed E-state index contributed by atoms with van der Waals surface area (Å²) >= 11 is 1.56. The molecule has 4 rings (SSSR count). The number of nitrogens with two attached hydrogens (primary N) is 1. The maximum absolute atomic E-state index is 11.3. The van der Waals surface area contributed by atoms with Gasteiger partial charge in [0, 0.05) is 11.3 Å². The molecule has 0 saturated carbocycles. The summed E-state index contributed by atoms with van der Waals surface area (Å²) in [4.78, 5) is 11.3. The second-order valence-corrected chi connectivity index (χ2v) is 11.2. The van der Waals surface area contributed by atoms with Gasteiger partial charge in [-0.15, -0.1) is 11.8 Å². The second kappa shape index (κ2) is 13.2. The Morgan fingerprint density at radius 3 is 1.41 bits per heavy atom. The third kappa shape index (κ3) is 8.05. The van der Waals surface area contributed by atoms with Gasteiger partial charge >= 0.3 is 5.97 Å². The Balaban J connectivity index is 0.000000289. The summed E-state index contributed by atoms with van der Waals surface area (Å²) in [5.74, 6) is -0.686. The first-order valence-electron chi connectivity index (χ1n) is 12.4. The molecule has 0 aliphatic carbocycles. The minimum Gasteiger partial charge on any atom is -0.480 e. The highest BCUT2D eigenvalue weighted by atomic mass is 32.2.